The maximum atomic E-state index is 11.9. The topological polar surface area (TPSA) is 50.2 Å². The molecule has 0 aliphatic carbocycles. The third-order valence-corrected chi connectivity index (χ3v) is 3.72. The van der Waals surface area contributed by atoms with Crippen LogP contribution in [-0.4, -0.2) is 17.8 Å². The van der Waals surface area contributed by atoms with Crippen molar-refractivity contribution in [2.45, 2.75) is 98.0 Å². The maximum absolute atomic E-state index is 11.9. The lowest BCUT2D eigenvalue weighted by Gasteiger charge is -2.14. The van der Waals surface area contributed by atoms with Crippen molar-refractivity contribution in [1.29, 1.82) is 5.41 Å². The van der Waals surface area contributed by atoms with Gasteiger partial charge in [-0.15, -0.1) is 0 Å². The fraction of sp³-hybridized carbons (Fsp3) is 0.789. The minimum absolute atomic E-state index is 0.0150. The molecule has 0 aliphatic rings. The van der Waals surface area contributed by atoms with E-state index in [4.69, 9.17) is 10.1 Å². The summed E-state index contributed by atoms with van der Waals surface area (Å²) in [7, 11) is 0. The third-order valence-electron chi connectivity index (χ3n) is 3.72. The highest BCUT2D eigenvalue weighted by atomic mass is 16.5. The van der Waals surface area contributed by atoms with Gasteiger partial charge in [0.05, 0.1) is 12.5 Å². The average Bonchev–Trinajstić information content (AvgIpc) is 2.44. The third kappa shape index (κ3) is 12.6. The Hall–Kier alpha value is -1.12. The number of ketones is 1. The van der Waals surface area contributed by atoms with Gasteiger partial charge in [-0.1, -0.05) is 57.9 Å². The molecule has 0 aromatic carbocycles. The smallest absolute Gasteiger partial charge is 0.188 e. The van der Waals surface area contributed by atoms with Gasteiger partial charge in [0.2, 0.25) is 0 Å². The molecule has 3 heteroatoms. The number of unbranched alkanes of at least 4 members (excludes halogenated alkanes) is 5. The molecular weight excluding hydrogens is 274 g/mol. The monoisotopic (exact) mass is 309 g/mol. The van der Waals surface area contributed by atoms with Gasteiger partial charge in [-0.25, -0.2) is 0 Å². The summed E-state index contributed by atoms with van der Waals surface area (Å²) in [6.45, 7) is 8.32. The van der Waals surface area contributed by atoms with Crippen LogP contribution in [0.1, 0.15) is 91.9 Å². The lowest BCUT2D eigenvalue weighted by atomic mass is 10.1. The van der Waals surface area contributed by atoms with Gasteiger partial charge in [0, 0.05) is 0 Å². The summed E-state index contributed by atoms with van der Waals surface area (Å²) in [5.74, 6) is 0.0827. The number of hydrogen-bond acceptors (Lipinski definition) is 3. The molecule has 0 bridgehead atoms. The van der Waals surface area contributed by atoms with Crippen LogP contribution in [0, 0.1) is 5.41 Å². The summed E-state index contributed by atoms with van der Waals surface area (Å²) in [6.07, 6.45) is 12.2. The molecule has 3 nitrogen and oxygen atoms in total. The van der Waals surface area contributed by atoms with E-state index in [2.05, 4.69) is 13.8 Å². The summed E-state index contributed by atoms with van der Waals surface area (Å²) < 4.78 is 5.46. The SMILES string of the molecule is CCCCCCC/C(C)=C/C(=O)CC(=N)OC(C)CCCC. The number of hydrogen-bond donors (Lipinski definition) is 1. The van der Waals surface area contributed by atoms with Crippen LogP contribution in [0.4, 0.5) is 0 Å². The Morgan fingerprint density at radius 3 is 2.36 bits per heavy atom. The van der Waals surface area contributed by atoms with Crippen molar-refractivity contribution in [3.05, 3.63) is 11.6 Å². The highest BCUT2D eigenvalue weighted by molar-refractivity contribution is 6.03. The number of carbonyl (C=O) groups excluding carboxylic acids is 1. The zero-order valence-electron chi connectivity index (χ0n) is 15.0. The lowest BCUT2D eigenvalue weighted by Crippen LogP contribution is -2.16. The summed E-state index contributed by atoms with van der Waals surface area (Å²) in [5.41, 5.74) is 1.12. The molecule has 0 fully saturated rings. The van der Waals surface area contributed by atoms with Gasteiger partial charge in [-0.3, -0.25) is 10.2 Å². The molecule has 1 N–H and O–H groups in total. The van der Waals surface area contributed by atoms with Crippen LogP contribution in [0.25, 0.3) is 0 Å². The van der Waals surface area contributed by atoms with E-state index >= 15 is 0 Å². The highest BCUT2D eigenvalue weighted by Gasteiger charge is 2.09. The van der Waals surface area contributed by atoms with E-state index in [-0.39, 0.29) is 24.2 Å². The molecule has 0 aliphatic heterocycles. The molecule has 0 heterocycles. The van der Waals surface area contributed by atoms with E-state index in [1.165, 1.54) is 25.7 Å². The van der Waals surface area contributed by atoms with Crippen LogP contribution in [0.5, 0.6) is 0 Å². The predicted octanol–water partition coefficient (Wildman–Crippen LogP) is 5.82. The molecule has 0 radical (unpaired) electrons. The lowest BCUT2D eigenvalue weighted by molar-refractivity contribution is -0.113. The Kier molecular flexibility index (Phi) is 12.8. The second-order valence-corrected chi connectivity index (χ2v) is 6.29. The van der Waals surface area contributed by atoms with Gasteiger partial charge >= 0.3 is 0 Å². The number of rotatable bonds is 13. The van der Waals surface area contributed by atoms with Gasteiger partial charge < -0.3 is 4.74 Å². The van der Waals surface area contributed by atoms with Crippen molar-refractivity contribution >= 4 is 11.7 Å². The normalized spacial score (nSPS) is 13.0. The van der Waals surface area contributed by atoms with Crippen LogP contribution in [0.2, 0.25) is 0 Å². The van der Waals surface area contributed by atoms with Gasteiger partial charge in [-0.2, -0.15) is 0 Å². The van der Waals surface area contributed by atoms with Gasteiger partial charge in [0.15, 0.2) is 11.7 Å². The molecule has 1 atom stereocenters. The van der Waals surface area contributed by atoms with Crippen LogP contribution >= 0.6 is 0 Å². The summed E-state index contributed by atoms with van der Waals surface area (Å²) in [5, 5.41) is 7.77. The maximum Gasteiger partial charge on any atom is 0.188 e. The van der Waals surface area contributed by atoms with Crippen LogP contribution < -0.4 is 0 Å². The Balaban J connectivity index is 3.93. The molecule has 0 aromatic rings. The number of allylic oxidation sites excluding steroid dienone is 2. The largest absolute Gasteiger partial charge is 0.478 e. The average molecular weight is 309 g/mol. The first-order valence-corrected chi connectivity index (χ1v) is 8.93. The van der Waals surface area contributed by atoms with Gasteiger partial charge in [0.25, 0.3) is 0 Å². The molecule has 128 valence electrons. The van der Waals surface area contributed by atoms with E-state index in [0.717, 1.165) is 37.7 Å². The molecule has 0 rings (SSSR count). The number of nitrogens with one attached hydrogen (secondary N) is 1. The van der Waals surface area contributed by atoms with Crippen molar-refractivity contribution < 1.29 is 9.53 Å². The molecule has 0 saturated carbocycles. The zero-order valence-corrected chi connectivity index (χ0v) is 15.0. The van der Waals surface area contributed by atoms with Gasteiger partial charge in [-0.05, 0) is 39.2 Å². The molecule has 0 amide bonds. The van der Waals surface area contributed by atoms with Crippen molar-refractivity contribution in [3.63, 3.8) is 0 Å². The van der Waals surface area contributed by atoms with Crippen molar-refractivity contribution in [1.82, 2.24) is 0 Å². The van der Waals surface area contributed by atoms with Crippen LogP contribution in [0.15, 0.2) is 11.6 Å². The van der Waals surface area contributed by atoms with Crippen molar-refractivity contribution in [2.24, 2.45) is 0 Å². The number of carbonyl (C=O) groups is 1. The van der Waals surface area contributed by atoms with E-state index in [9.17, 15) is 4.79 Å². The Labute approximate surface area is 137 Å². The Bertz CT molecular complexity index is 347. The molecule has 0 spiro atoms. The van der Waals surface area contributed by atoms with Crippen LogP contribution in [-0.2, 0) is 9.53 Å². The van der Waals surface area contributed by atoms with E-state index in [0.29, 0.717) is 0 Å². The first-order valence-electron chi connectivity index (χ1n) is 8.93. The predicted molar refractivity (Wildman–Crippen MR) is 94.6 cm³/mol. The fourth-order valence-electron chi connectivity index (χ4n) is 2.40. The first kappa shape index (κ1) is 20.9. The first-order chi connectivity index (χ1) is 10.5. The Morgan fingerprint density at radius 1 is 1.09 bits per heavy atom. The minimum atomic E-state index is -0.0150. The quantitative estimate of drug-likeness (QED) is 0.201. The van der Waals surface area contributed by atoms with Crippen LogP contribution in [0.3, 0.4) is 0 Å². The number of ether oxygens (including phenoxy) is 1. The minimum Gasteiger partial charge on any atom is -0.478 e. The summed E-state index contributed by atoms with van der Waals surface area (Å²) in [4.78, 5) is 11.9. The molecule has 0 aromatic heterocycles. The molecular formula is C19H35NO2. The van der Waals surface area contributed by atoms with E-state index in [1.54, 1.807) is 6.08 Å². The molecule has 1 unspecified atom stereocenters. The molecule has 0 saturated heterocycles. The standard InChI is InChI=1S/C19H35NO2/c1-5-7-9-10-11-12-16(3)14-18(21)15-19(20)22-17(4)13-8-6-2/h14,17,20H,5-13,15H2,1-4H3/b16-14+,20-19?. The Morgan fingerprint density at radius 2 is 1.73 bits per heavy atom. The van der Waals surface area contributed by atoms with E-state index in [1.807, 2.05) is 13.8 Å². The zero-order chi connectivity index (χ0) is 16.8. The summed E-state index contributed by atoms with van der Waals surface area (Å²) in [6, 6.07) is 0. The second-order valence-electron chi connectivity index (χ2n) is 6.29. The summed E-state index contributed by atoms with van der Waals surface area (Å²) >= 11 is 0. The van der Waals surface area contributed by atoms with Gasteiger partial charge in [0.1, 0.15) is 0 Å². The highest BCUT2D eigenvalue weighted by Crippen LogP contribution is 2.11. The fourth-order valence-corrected chi connectivity index (χ4v) is 2.40. The van der Waals surface area contributed by atoms with E-state index < -0.39 is 0 Å². The second kappa shape index (κ2) is 13.5. The van der Waals surface area contributed by atoms with Crippen molar-refractivity contribution in [3.8, 4) is 0 Å². The molecule has 22 heavy (non-hydrogen) atoms. The van der Waals surface area contributed by atoms with Crippen molar-refractivity contribution in [2.75, 3.05) is 0 Å².